The van der Waals surface area contributed by atoms with Crippen molar-refractivity contribution in [2.24, 2.45) is 0 Å². The van der Waals surface area contributed by atoms with E-state index in [0.29, 0.717) is 16.7 Å². The molecule has 10 heteroatoms. The van der Waals surface area contributed by atoms with Crippen LogP contribution in [0.15, 0.2) is 71.0 Å². The highest BCUT2D eigenvalue weighted by atomic mass is 35.5. The molecule has 4 aromatic rings. The van der Waals surface area contributed by atoms with Crippen LogP contribution in [0.25, 0.3) is 16.9 Å². The monoisotopic (exact) mass is 456 g/mol. The summed E-state index contributed by atoms with van der Waals surface area (Å²) in [5, 5.41) is 0.375. The summed E-state index contributed by atoms with van der Waals surface area (Å²) in [6, 6.07) is 8.98. The molecule has 0 saturated carbocycles. The summed E-state index contributed by atoms with van der Waals surface area (Å²) in [7, 11) is 0. The van der Waals surface area contributed by atoms with E-state index in [1.165, 1.54) is 23.0 Å². The summed E-state index contributed by atoms with van der Waals surface area (Å²) < 4.78 is 30.9. The van der Waals surface area contributed by atoms with E-state index >= 15 is 0 Å². The molecule has 2 aromatic carbocycles. The number of hydrogen-bond donors (Lipinski definition) is 0. The van der Waals surface area contributed by atoms with Gasteiger partial charge in [0.2, 0.25) is 0 Å². The summed E-state index contributed by atoms with van der Waals surface area (Å²) in [4.78, 5) is 42.9. The Hall–Kier alpha value is -3.85. The number of fused-ring (bicyclic) bond motifs is 1. The average molecular weight is 457 g/mol. The third-order valence-electron chi connectivity index (χ3n) is 4.82. The molecule has 162 valence electrons. The fourth-order valence-corrected chi connectivity index (χ4v) is 3.57. The van der Waals surface area contributed by atoms with Gasteiger partial charge >= 0.3 is 5.69 Å². The quantitative estimate of drug-likeness (QED) is 0.329. The van der Waals surface area contributed by atoms with Crippen molar-refractivity contribution in [3.63, 3.8) is 0 Å². The largest absolute Gasteiger partial charge is 0.337 e. The summed E-state index contributed by atoms with van der Waals surface area (Å²) in [5.41, 5.74) is -1.82. The average Bonchev–Trinajstić information content (AvgIpc) is 3.16. The predicted octanol–water partition coefficient (Wildman–Crippen LogP) is 3.35. The number of nitrogens with zero attached hydrogens (tertiary/aromatic N) is 4. The van der Waals surface area contributed by atoms with Gasteiger partial charge in [-0.15, -0.1) is 6.58 Å². The summed E-state index contributed by atoms with van der Waals surface area (Å²) in [6.07, 6.45) is 2.54. The molecule has 0 aliphatic carbocycles. The predicted molar refractivity (Wildman–Crippen MR) is 115 cm³/mol. The van der Waals surface area contributed by atoms with Crippen molar-refractivity contribution in [2.45, 2.75) is 13.1 Å². The molecule has 4 rings (SSSR count). The van der Waals surface area contributed by atoms with Crippen LogP contribution in [0.2, 0.25) is 5.02 Å². The minimum atomic E-state index is -1.01. The van der Waals surface area contributed by atoms with Crippen molar-refractivity contribution >= 4 is 28.5 Å². The number of carbonyl (C=O) groups is 1. The van der Waals surface area contributed by atoms with Gasteiger partial charge in [-0.05, 0) is 24.3 Å². The molecule has 0 saturated heterocycles. The van der Waals surface area contributed by atoms with Crippen LogP contribution in [-0.4, -0.2) is 24.5 Å². The number of carbonyl (C=O) groups excluding carboxylic acids is 1. The van der Waals surface area contributed by atoms with Gasteiger partial charge in [-0.25, -0.2) is 23.1 Å². The molecule has 0 N–H and O–H groups in total. The van der Waals surface area contributed by atoms with E-state index < -0.39 is 22.9 Å². The first-order chi connectivity index (χ1) is 15.3. The zero-order valence-corrected chi connectivity index (χ0v) is 17.2. The molecule has 2 aromatic heterocycles. The number of hydrogen-bond acceptors (Lipinski definition) is 4. The molecule has 0 spiro atoms. The van der Waals surface area contributed by atoms with Crippen molar-refractivity contribution in [3.8, 4) is 5.69 Å². The molecule has 0 atom stereocenters. The second-order valence-electron chi connectivity index (χ2n) is 6.90. The Kier molecular flexibility index (Phi) is 5.58. The van der Waals surface area contributed by atoms with Crippen molar-refractivity contribution in [1.82, 2.24) is 18.7 Å². The third-order valence-corrected chi connectivity index (χ3v) is 5.06. The van der Waals surface area contributed by atoms with E-state index in [0.717, 1.165) is 21.3 Å². The SMILES string of the molecule is C=CCn1c(=O)c2c(ncn2CC(=O)c2cccc(Cl)c2)n(-c2ccc(F)cc2F)c1=O. The lowest BCUT2D eigenvalue weighted by atomic mass is 10.1. The standard InChI is InChI=1S/C22H15ClF2N4O3/c1-2-8-28-21(31)19-20(29(22(28)32)17-7-6-15(24)10-16(17)25)26-12-27(19)11-18(30)13-4-3-5-14(23)9-13/h2-7,9-10,12H,1,8,11H2. The number of Topliss-reactive ketones (excluding diaryl/α,β-unsaturated/α-hetero) is 1. The Bertz CT molecular complexity index is 1500. The maximum absolute atomic E-state index is 14.5. The molecule has 32 heavy (non-hydrogen) atoms. The molecular weight excluding hydrogens is 442 g/mol. The number of aromatic nitrogens is 4. The molecule has 7 nitrogen and oxygen atoms in total. The van der Waals surface area contributed by atoms with Crippen LogP contribution in [0.5, 0.6) is 0 Å². The third kappa shape index (κ3) is 3.67. The number of allylic oxidation sites excluding steroid dienone is 1. The molecule has 0 radical (unpaired) electrons. The summed E-state index contributed by atoms with van der Waals surface area (Å²) >= 11 is 5.94. The zero-order chi connectivity index (χ0) is 23.0. The first-order valence-electron chi connectivity index (χ1n) is 9.37. The highest BCUT2D eigenvalue weighted by Crippen LogP contribution is 2.18. The van der Waals surface area contributed by atoms with E-state index in [-0.39, 0.29) is 35.7 Å². The van der Waals surface area contributed by atoms with Crippen LogP contribution >= 0.6 is 11.6 Å². The topological polar surface area (TPSA) is 78.9 Å². The maximum Gasteiger partial charge on any atom is 0.337 e. The van der Waals surface area contributed by atoms with Gasteiger partial charge in [0.25, 0.3) is 5.56 Å². The normalized spacial score (nSPS) is 11.1. The lowest BCUT2D eigenvalue weighted by molar-refractivity contribution is 0.0973. The Morgan fingerprint density at radius 3 is 2.62 bits per heavy atom. The summed E-state index contributed by atoms with van der Waals surface area (Å²) in [6.45, 7) is 3.10. The van der Waals surface area contributed by atoms with E-state index in [1.807, 2.05) is 0 Å². The van der Waals surface area contributed by atoms with Gasteiger partial charge < -0.3 is 4.57 Å². The number of ketones is 1. The van der Waals surface area contributed by atoms with Crippen molar-refractivity contribution in [3.05, 3.63) is 105 Å². The Morgan fingerprint density at radius 1 is 1.16 bits per heavy atom. The van der Waals surface area contributed by atoms with Crippen LogP contribution < -0.4 is 11.2 Å². The van der Waals surface area contributed by atoms with Crippen LogP contribution in [-0.2, 0) is 13.1 Å². The lowest BCUT2D eigenvalue weighted by Gasteiger charge is -2.12. The fourth-order valence-electron chi connectivity index (χ4n) is 3.38. The highest BCUT2D eigenvalue weighted by Gasteiger charge is 2.22. The first-order valence-corrected chi connectivity index (χ1v) is 9.75. The lowest BCUT2D eigenvalue weighted by Crippen LogP contribution is -2.40. The van der Waals surface area contributed by atoms with Gasteiger partial charge in [-0.2, -0.15) is 0 Å². The van der Waals surface area contributed by atoms with E-state index in [2.05, 4.69) is 11.6 Å². The number of benzene rings is 2. The Balaban J connectivity index is 1.95. The van der Waals surface area contributed by atoms with Crippen LogP contribution in [0, 0.1) is 11.6 Å². The van der Waals surface area contributed by atoms with Gasteiger partial charge in [-0.3, -0.25) is 14.2 Å². The van der Waals surface area contributed by atoms with E-state index in [1.54, 1.807) is 18.2 Å². The molecular formula is C22H15ClF2N4O3. The fraction of sp³-hybridized carbons (Fsp3) is 0.0909. The van der Waals surface area contributed by atoms with Crippen LogP contribution in [0.1, 0.15) is 10.4 Å². The number of rotatable bonds is 6. The van der Waals surface area contributed by atoms with E-state index in [4.69, 9.17) is 11.6 Å². The zero-order valence-electron chi connectivity index (χ0n) is 16.5. The van der Waals surface area contributed by atoms with Crippen molar-refractivity contribution < 1.29 is 13.6 Å². The smallest absolute Gasteiger partial charge is 0.317 e. The molecule has 0 aliphatic heterocycles. The van der Waals surface area contributed by atoms with Crippen molar-refractivity contribution in [2.75, 3.05) is 0 Å². The van der Waals surface area contributed by atoms with Crippen LogP contribution in [0.3, 0.4) is 0 Å². The summed E-state index contributed by atoms with van der Waals surface area (Å²) in [5.74, 6) is -2.19. The highest BCUT2D eigenvalue weighted by molar-refractivity contribution is 6.31. The van der Waals surface area contributed by atoms with Gasteiger partial charge in [0.1, 0.15) is 11.6 Å². The maximum atomic E-state index is 14.5. The van der Waals surface area contributed by atoms with Gasteiger partial charge in [-0.1, -0.05) is 29.8 Å². The van der Waals surface area contributed by atoms with E-state index in [9.17, 15) is 23.2 Å². The molecule has 0 unspecified atom stereocenters. The minimum absolute atomic E-state index is 0.0921. The molecule has 0 amide bonds. The molecule has 0 fully saturated rings. The second-order valence-corrected chi connectivity index (χ2v) is 7.33. The minimum Gasteiger partial charge on any atom is -0.317 e. The first kappa shape index (κ1) is 21.4. The number of halogens is 3. The molecule has 0 bridgehead atoms. The Labute approximate surface area is 184 Å². The van der Waals surface area contributed by atoms with Crippen LogP contribution in [0.4, 0.5) is 8.78 Å². The van der Waals surface area contributed by atoms with Gasteiger partial charge in [0.15, 0.2) is 16.9 Å². The molecule has 2 heterocycles. The second kappa shape index (κ2) is 8.35. The van der Waals surface area contributed by atoms with Gasteiger partial charge in [0.05, 0.1) is 18.6 Å². The molecule has 0 aliphatic rings. The Morgan fingerprint density at radius 2 is 1.94 bits per heavy atom. The van der Waals surface area contributed by atoms with Crippen molar-refractivity contribution in [1.29, 1.82) is 0 Å². The van der Waals surface area contributed by atoms with Gasteiger partial charge in [0, 0.05) is 23.2 Å². The number of imidazole rings is 1.